The van der Waals surface area contributed by atoms with Gasteiger partial charge in [0.05, 0.1) is 6.20 Å². The molecule has 4 rings (SSSR count). The Bertz CT molecular complexity index is 1140. The fourth-order valence-corrected chi connectivity index (χ4v) is 3.71. The third-order valence-electron chi connectivity index (χ3n) is 5.30. The molecule has 3 aromatic rings. The van der Waals surface area contributed by atoms with Gasteiger partial charge in [0.2, 0.25) is 0 Å². The molecular weight excluding hydrogens is 392 g/mol. The van der Waals surface area contributed by atoms with Gasteiger partial charge < -0.3 is 10.2 Å². The number of hydrogen-bond acceptors (Lipinski definition) is 4. The van der Waals surface area contributed by atoms with Gasteiger partial charge in [-0.1, -0.05) is 6.07 Å². The number of aromatic nitrogens is 3. The highest BCUT2D eigenvalue weighted by Gasteiger charge is 2.24. The maximum atomic E-state index is 13.3. The van der Waals surface area contributed by atoms with E-state index in [9.17, 15) is 18.4 Å². The molecule has 0 saturated carbocycles. The van der Waals surface area contributed by atoms with Crippen molar-refractivity contribution in [3.05, 3.63) is 58.5 Å². The van der Waals surface area contributed by atoms with Crippen molar-refractivity contribution < 1.29 is 18.4 Å². The van der Waals surface area contributed by atoms with Gasteiger partial charge >= 0.3 is 0 Å². The molecule has 9 heteroatoms. The topological polar surface area (TPSA) is 79.6 Å². The second-order valence-electron chi connectivity index (χ2n) is 7.35. The number of aryl methyl sites for hydroxylation is 1. The first-order valence-electron chi connectivity index (χ1n) is 9.70. The first-order valence-corrected chi connectivity index (χ1v) is 9.70. The molecule has 1 aliphatic rings. The summed E-state index contributed by atoms with van der Waals surface area (Å²) >= 11 is 0. The number of fused-ring (bicyclic) bond motifs is 1. The second-order valence-corrected chi connectivity index (χ2v) is 7.35. The van der Waals surface area contributed by atoms with Crippen molar-refractivity contribution in [1.29, 1.82) is 0 Å². The van der Waals surface area contributed by atoms with E-state index in [2.05, 4.69) is 15.4 Å². The maximum absolute atomic E-state index is 13.3. The number of rotatable bonds is 4. The summed E-state index contributed by atoms with van der Waals surface area (Å²) in [5.74, 6) is -0.590. The molecule has 0 spiro atoms. The number of hydrogen-bond donors (Lipinski definition) is 1. The number of benzene rings is 1. The molecule has 1 saturated heterocycles. The SMILES string of the molecule is Cc1cc(C(F)F)n2ncc(C(=O)Nc3cccc(C(=O)N4CCCC4)c3C)c2n1. The zero-order valence-corrected chi connectivity index (χ0v) is 16.7. The second kappa shape index (κ2) is 7.81. The molecule has 1 aromatic carbocycles. The standard InChI is InChI=1S/C21H21F2N5O2/c1-12-10-17(18(22)23)28-19(25-12)15(11-24-28)20(29)26-16-7-5-6-14(13(16)2)21(30)27-8-3-4-9-27/h5-7,10-11,18H,3-4,8-9H2,1-2H3,(H,26,29). The van der Waals surface area contributed by atoms with E-state index >= 15 is 0 Å². The average Bonchev–Trinajstić information content (AvgIpc) is 3.38. The van der Waals surface area contributed by atoms with E-state index in [4.69, 9.17) is 0 Å². The van der Waals surface area contributed by atoms with Gasteiger partial charge in [0.1, 0.15) is 11.3 Å². The number of amides is 2. The van der Waals surface area contributed by atoms with E-state index in [-0.39, 0.29) is 22.8 Å². The average molecular weight is 413 g/mol. The molecule has 3 heterocycles. The van der Waals surface area contributed by atoms with Gasteiger partial charge in [-0.2, -0.15) is 5.10 Å². The van der Waals surface area contributed by atoms with Crippen LogP contribution in [0.4, 0.5) is 14.5 Å². The van der Waals surface area contributed by atoms with Crippen LogP contribution >= 0.6 is 0 Å². The van der Waals surface area contributed by atoms with Crippen molar-refractivity contribution >= 4 is 23.1 Å². The van der Waals surface area contributed by atoms with Gasteiger partial charge in [-0.25, -0.2) is 18.3 Å². The van der Waals surface area contributed by atoms with E-state index in [0.29, 0.717) is 22.5 Å². The number of halogens is 2. The minimum absolute atomic E-state index is 0.0593. The maximum Gasteiger partial charge on any atom is 0.280 e. The van der Waals surface area contributed by atoms with Crippen LogP contribution in [-0.2, 0) is 0 Å². The zero-order chi connectivity index (χ0) is 21.4. The minimum Gasteiger partial charge on any atom is -0.339 e. The molecule has 156 valence electrons. The molecule has 1 fully saturated rings. The fourth-order valence-electron chi connectivity index (χ4n) is 3.71. The van der Waals surface area contributed by atoms with Crippen molar-refractivity contribution in [1.82, 2.24) is 19.5 Å². The van der Waals surface area contributed by atoms with Crippen LogP contribution in [0.2, 0.25) is 0 Å². The summed E-state index contributed by atoms with van der Waals surface area (Å²) in [6.07, 6.45) is 0.448. The van der Waals surface area contributed by atoms with Gasteiger partial charge in [0.15, 0.2) is 5.65 Å². The van der Waals surface area contributed by atoms with Gasteiger partial charge in [-0.3, -0.25) is 9.59 Å². The first-order chi connectivity index (χ1) is 14.4. The monoisotopic (exact) mass is 413 g/mol. The number of nitrogens with one attached hydrogen (secondary N) is 1. The Morgan fingerprint density at radius 1 is 1.13 bits per heavy atom. The van der Waals surface area contributed by atoms with Crippen molar-refractivity contribution in [2.24, 2.45) is 0 Å². The third kappa shape index (κ3) is 3.51. The number of carbonyl (C=O) groups is 2. The quantitative estimate of drug-likeness (QED) is 0.706. The van der Waals surface area contributed by atoms with Crippen molar-refractivity contribution in [3.8, 4) is 0 Å². The number of likely N-dealkylation sites (tertiary alicyclic amines) is 1. The van der Waals surface area contributed by atoms with Crippen LogP contribution in [0, 0.1) is 13.8 Å². The number of carbonyl (C=O) groups excluding carboxylic acids is 2. The molecule has 0 aliphatic carbocycles. The molecule has 1 aliphatic heterocycles. The highest BCUT2D eigenvalue weighted by atomic mass is 19.3. The Balaban J connectivity index is 1.65. The lowest BCUT2D eigenvalue weighted by Gasteiger charge is -2.18. The van der Waals surface area contributed by atoms with Crippen LogP contribution in [0.15, 0.2) is 30.5 Å². The highest BCUT2D eigenvalue weighted by molar-refractivity contribution is 6.09. The smallest absolute Gasteiger partial charge is 0.280 e. The van der Waals surface area contributed by atoms with Crippen molar-refractivity contribution in [3.63, 3.8) is 0 Å². The molecule has 0 bridgehead atoms. The highest BCUT2D eigenvalue weighted by Crippen LogP contribution is 2.25. The molecule has 0 radical (unpaired) electrons. The van der Waals surface area contributed by atoms with Crippen LogP contribution in [0.25, 0.3) is 5.65 Å². The molecule has 0 unspecified atom stereocenters. The summed E-state index contributed by atoms with van der Waals surface area (Å²) in [5, 5.41) is 6.68. The summed E-state index contributed by atoms with van der Waals surface area (Å²) in [7, 11) is 0. The van der Waals surface area contributed by atoms with Gasteiger partial charge in [-0.15, -0.1) is 0 Å². The van der Waals surface area contributed by atoms with E-state index in [1.54, 1.807) is 36.9 Å². The summed E-state index contributed by atoms with van der Waals surface area (Å²) in [6, 6.07) is 6.38. The number of alkyl halides is 2. The molecule has 1 N–H and O–H groups in total. The Hall–Kier alpha value is -3.36. The van der Waals surface area contributed by atoms with Crippen LogP contribution in [0.5, 0.6) is 0 Å². The molecule has 7 nitrogen and oxygen atoms in total. The Morgan fingerprint density at radius 3 is 2.57 bits per heavy atom. The van der Waals surface area contributed by atoms with Crippen molar-refractivity contribution in [2.45, 2.75) is 33.1 Å². The van der Waals surface area contributed by atoms with E-state index < -0.39 is 12.3 Å². The molecule has 0 atom stereocenters. The Kier molecular flexibility index (Phi) is 5.19. The van der Waals surface area contributed by atoms with Crippen LogP contribution in [-0.4, -0.2) is 44.4 Å². The third-order valence-corrected chi connectivity index (χ3v) is 5.30. The van der Waals surface area contributed by atoms with E-state index in [1.165, 1.54) is 12.3 Å². The normalized spacial score (nSPS) is 14.0. The summed E-state index contributed by atoms with van der Waals surface area (Å²) < 4.78 is 27.6. The molecule has 30 heavy (non-hydrogen) atoms. The first kappa shape index (κ1) is 19.9. The van der Waals surface area contributed by atoms with E-state index in [0.717, 1.165) is 30.4 Å². The predicted octanol–water partition coefficient (Wildman–Crippen LogP) is 3.77. The lowest BCUT2D eigenvalue weighted by atomic mass is 10.1. The lowest BCUT2D eigenvalue weighted by molar-refractivity contribution is 0.0791. The van der Waals surface area contributed by atoms with Gasteiger partial charge in [0.25, 0.3) is 18.2 Å². The van der Waals surface area contributed by atoms with Crippen molar-refractivity contribution in [2.75, 3.05) is 18.4 Å². The molecular formula is C21H21F2N5O2. The Labute approximate surface area is 171 Å². The number of anilines is 1. The number of nitrogens with zero attached hydrogens (tertiary/aromatic N) is 4. The lowest BCUT2D eigenvalue weighted by Crippen LogP contribution is -2.28. The summed E-state index contributed by atoms with van der Waals surface area (Å²) in [4.78, 5) is 31.7. The van der Waals surface area contributed by atoms with Crippen LogP contribution in [0.3, 0.4) is 0 Å². The zero-order valence-electron chi connectivity index (χ0n) is 16.7. The van der Waals surface area contributed by atoms with Gasteiger partial charge in [0, 0.05) is 30.0 Å². The Morgan fingerprint density at radius 2 is 1.87 bits per heavy atom. The summed E-state index contributed by atoms with van der Waals surface area (Å²) in [5.41, 5.74) is 1.83. The summed E-state index contributed by atoms with van der Waals surface area (Å²) in [6.45, 7) is 4.81. The van der Waals surface area contributed by atoms with Crippen LogP contribution in [0.1, 0.15) is 56.9 Å². The molecule has 2 aromatic heterocycles. The largest absolute Gasteiger partial charge is 0.339 e. The van der Waals surface area contributed by atoms with Crippen LogP contribution < -0.4 is 5.32 Å². The van der Waals surface area contributed by atoms with E-state index in [1.807, 2.05) is 0 Å². The molecule has 2 amide bonds. The van der Waals surface area contributed by atoms with Gasteiger partial charge in [-0.05, 0) is 50.5 Å². The minimum atomic E-state index is -2.75. The predicted molar refractivity (Wildman–Crippen MR) is 107 cm³/mol. The fraction of sp³-hybridized carbons (Fsp3) is 0.333.